The van der Waals surface area contributed by atoms with Crippen LogP contribution >= 0.6 is 15.9 Å². The van der Waals surface area contributed by atoms with E-state index in [1.165, 1.54) is 12.1 Å². The van der Waals surface area contributed by atoms with E-state index in [0.717, 1.165) is 23.3 Å². The molecule has 0 heterocycles. The molecule has 0 aliphatic heterocycles. The van der Waals surface area contributed by atoms with Crippen molar-refractivity contribution in [1.29, 1.82) is 0 Å². The van der Waals surface area contributed by atoms with E-state index in [0.29, 0.717) is 0 Å². The van der Waals surface area contributed by atoms with Crippen molar-refractivity contribution in [2.24, 2.45) is 0 Å². The summed E-state index contributed by atoms with van der Waals surface area (Å²) >= 11 is 2.10. The molecule has 1 atom stereocenters. The van der Waals surface area contributed by atoms with Crippen molar-refractivity contribution >= 4 is 15.9 Å². The standard InChI is InChI=1S/C14H9BrF4/c15-13(16,14(17,18)19)12-8-6-11(7-9-12)10-4-2-1-3-5-10/h1-9H. The molecule has 0 N–H and O–H groups in total. The number of hydrogen-bond donors (Lipinski definition) is 0. The zero-order valence-corrected chi connectivity index (χ0v) is 11.2. The van der Waals surface area contributed by atoms with Crippen LogP contribution in [0.25, 0.3) is 11.1 Å². The van der Waals surface area contributed by atoms with Gasteiger partial charge in [-0.2, -0.15) is 13.2 Å². The Morgan fingerprint density at radius 3 is 1.63 bits per heavy atom. The first-order chi connectivity index (χ1) is 8.82. The Bertz CT molecular complexity index is 544. The van der Waals surface area contributed by atoms with Gasteiger partial charge in [-0.3, -0.25) is 0 Å². The van der Waals surface area contributed by atoms with Crippen LogP contribution in [0.5, 0.6) is 0 Å². The SMILES string of the molecule is FC(F)(F)C(F)(Br)c1ccc(-c2ccccc2)cc1. The van der Waals surface area contributed by atoms with E-state index >= 15 is 0 Å². The third-order valence-electron chi connectivity index (χ3n) is 2.71. The summed E-state index contributed by atoms with van der Waals surface area (Å²) in [6.07, 6.45) is -5.00. The molecule has 2 aromatic rings. The van der Waals surface area contributed by atoms with Gasteiger partial charge in [-0.25, -0.2) is 4.39 Å². The molecule has 0 spiro atoms. The highest BCUT2D eigenvalue weighted by atomic mass is 79.9. The highest BCUT2D eigenvalue weighted by molar-refractivity contribution is 9.09. The smallest absolute Gasteiger partial charge is 0.216 e. The molecule has 0 radical (unpaired) electrons. The van der Waals surface area contributed by atoms with Gasteiger partial charge in [-0.05, 0) is 27.1 Å². The number of rotatable bonds is 2. The molecule has 100 valence electrons. The summed E-state index contributed by atoms with van der Waals surface area (Å²) in [5, 5.41) is 0. The van der Waals surface area contributed by atoms with Gasteiger partial charge < -0.3 is 0 Å². The zero-order valence-electron chi connectivity index (χ0n) is 9.59. The van der Waals surface area contributed by atoms with Gasteiger partial charge in [-0.15, -0.1) is 0 Å². The predicted molar refractivity (Wildman–Crippen MR) is 69.6 cm³/mol. The van der Waals surface area contributed by atoms with Gasteiger partial charge in [0.2, 0.25) is 0 Å². The van der Waals surface area contributed by atoms with Crippen LogP contribution in [0, 0.1) is 0 Å². The molecule has 0 aliphatic rings. The van der Waals surface area contributed by atoms with Crippen molar-refractivity contribution in [3.8, 4) is 11.1 Å². The Balaban J connectivity index is 2.35. The third kappa shape index (κ3) is 2.81. The van der Waals surface area contributed by atoms with Crippen LogP contribution in [0.3, 0.4) is 0 Å². The maximum atomic E-state index is 13.7. The van der Waals surface area contributed by atoms with Crippen LogP contribution in [0.15, 0.2) is 54.6 Å². The van der Waals surface area contributed by atoms with Crippen LogP contribution < -0.4 is 0 Å². The second-order valence-electron chi connectivity index (χ2n) is 4.02. The molecule has 0 aliphatic carbocycles. The third-order valence-corrected chi connectivity index (χ3v) is 3.62. The second-order valence-corrected chi connectivity index (χ2v) is 5.11. The molecular weight excluding hydrogens is 324 g/mol. The monoisotopic (exact) mass is 332 g/mol. The summed E-state index contributed by atoms with van der Waals surface area (Å²) in [4.78, 5) is 0. The average molecular weight is 333 g/mol. The van der Waals surface area contributed by atoms with Crippen molar-refractivity contribution in [2.45, 2.75) is 10.8 Å². The molecule has 1 unspecified atom stereocenters. The maximum absolute atomic E-state index is 13.7. The molecule has 0 aromatic heterocycles. The Labute approximate surface area is 116 Å². The van der Waals surface area contributed by atoms with Crippen LogP contribution in [-0.2, 0) is 4.58 Å². The van der Waals surface area contributed by atoms with Gasteiger partial charge >= 0.3 is 6.18 Å². The number of benzene rings is 2. The Kier molecular flexibility index (Phi) is 3.67. The fourth-order valence-electron chi connectivity index (χ4n) is 1.67. The molecule has 5 heteroatoms. The van der Waals surface area contributed by atoms with E-state index in [1.54, 1.807) is 0 Å². The van der Waals surface area contributed by atoms with Crippen LogP contribution in [0.1, 0.15) is 5.56 Å². The van der Waals surface area contributed by atoms with E-state index in [9.17, 15) is 17.6 Å². The van der Waals surface area contributed by atoms with Crippen molar-refractivity contribution in [1.82, 2.24) is 0 Å². The minimum absolute atomic E-state index is 0.473. The summed E-state index contributed by atoms with van der Waals surface area (Å²) in [5.41, 5.74) is 1.12. The zero-order chi connectivity index (χ0) is 14.1. The van der Waals surface area contributed by atoms with Gasteiger partial charge in [0.15, 0.2) is 0 Å². The topological polar surface area (TPSA) is 0 Å². The summed E-state index contributed by atoms with van der Waals surface area (Å²) in [6.45, 7) is 0. The fraction of sp³-hybridized carbons (Fsp3) is 0.143. The van der Waals surface area contributed by atoms with Gasteiger partial charge in [0.1, 0.15) is 0 Å². The lowest BCUT2D eigenvalue weighted by molar-refractivity contribution is -0.195. The molecule has 0 nitrogen and oxygen atoms in total. The molecule has 2 aromatic carbocycles. The average Bonchev–Trinajstić information content (AvgIpc) is 2.39. The van der Waals surface area contributed by atoms with Crippen LogP contribution in [0.2, 0.25) is 0 Å². The van der Waals surface area contributed by atoms with E-state index in [-0.39, 0.29) is 0 Å². The quantitative estimate of drug-likeness (QED) is 0.508. The molecule has 0 fully saturated rings. The van der Waals surface area contributed by atoms with Gasteiger partial charge in [-0.1, -0.05) is 54.6 Å². The Hall–Kier alpha value is -1.36. The predicted octanol–water partition coefficient (Wildman–Crippen LogP) is 5.43. The molecule has 0 bridgehead atoms. The summed E-state index contributed by atoms with van der Waals surface area (Å²) in [5.74, 6) is 0. The van der Waals surface area contributed by atoms with E-state index in [4.69, 9.17) is 0 Å². The molecule has 0 saturated heterocycles. The summed E-state index contributed by atoms with van der Waals surface area (Å²) in [6, 6.07) is 14.3. The lowest BCUT2D eigenvalue weighted by Crippen LogP contribution is -2.31. The number of hydrogen-bond acceptors (Lipinski definition) is 0. The lowest BCUT2D eigenvalue weighted by Gasteiger charge is -2.22. The minimum atomic E-state index is -5.00. The van der Waals surface area contributed by atoms with E-state index in [2.05, 4.69) is 15.9 Å². The second kappa shape index (κ2) is 4.96. The van der Waals surface area contributed by atoms with Crippen LogP contribution in [0.4, 0.5) is 17.6 Å². The number of halogens is 5. The van der Waals surface area contributed by atoms with Gasteiger partial charge in [0, 0.05) is 5.56 Å². The van der Waals surface area contributed by atoms with Crippen LogP contribution in [-0.4, -0.2) is 6.18 Å². The first-order valence-corrected chi connectivity index (χ1v) is 6.22. The highest BCUT2D eigenvalue weighted by Crippen LogP contribution is 2.47. The molecule has 0 amide bonds. The molecular formula is C14H9BrF4. The number of alkyl halides is 5. The summed E-state index contributed by atoms with van der Waals surface area (Å²) < 4.78 is 47.7. The van der Waals surface area contributed by atoms with Gasteiger partial charge in [0.05, 0.1) is 0 Å². The minimum Gasteiger partial charge on any atom is -0.216 e. The fourth-order valence-corrected chi connectivity index (χ4v) is 1.93. The Morgan fingerprint density at radius 1 is 0.684 bits per heavy atom. The molecule has 0 saturated carbocycles. The largest absolute Gasteiger partial charge is 0.437 e. The first-order valence-electron chi connectivity index (χ1n) is 5.43. The van der Waals surface area contributed by atoms with E-state index in [1.807, 2.05) is 30.3 Å². The highest BCUT2D eigenvalue weighted by Gasteiger charge is 2.55. The molecule has 2 rings (SSSR count). The Morgan fingerprint density at radius 2 is 1.16 bits per heavy atom. The normalized spacial score (nSPS) is 15.0. The van der Waals surface area contributed by atoms with Crippen molar-refractivity contribution in [3.63, 3.8) is 0 Å². The maximum Gasteiger partial charge on any atom is 0.437 e. The van der Waals surface area contributed by atoms with Gasteiger partial charge in [0.25, 0.3) is 4.58 Å². The summed E-state index contributed by atoms with van der Waals surface area (Å²) in [7, 11) is 0. The molecule has 19 heavy (non-hydrogen) atoms. The van der Waals surface area contributed by atoms with Crippen molar-refractivity contribution < 1.29 is 17.6 Å². The van der Waals surface area contributed by atoms with Crippen molar-refractivity contribution in [2.75, 3.05) is 0 Å². The first kappa shape index (κ1) is 14.1. The van der Waals surface area contributed by atoms with E-state index < -0.39 is 16.3 Å². The lowest BCUT2D eigenvalue weighted by atomic mass is 10.0. The van der Waals surface area contributed by atoms with Crippen molar-refractivity contribution in [3.05, 3.63) is 60.2 Å².